The molecule has 26 heavy (non-hydrogen) atoms. The molecule has 0 radical (unpaired) electrons. The monoisotopic (exact) mass is 375 g/mol. The lowest BCUT2D eigenvalue weighted by atomic mass is 10.3. The van der Waals surface area contributed by atoms with Crippen molar-refractivity contribution in [2.45, 2.75) is 20.8 Å². The maximum atomic E-state index is 13.4. The summed E-state index contributed by atoms with van der Waals surface area (Å²) in [6.07, 6.45) is 0. The number of hydrogen-bond acceptors (Lipinski definition) is 5. The minimum Gasteiger partial charge on any atom is -0.461 e. The Morgan fingerprint density at radius 2 is 1.38 bits per heavy atom. The van der Waals surface area contributed by atoms with Crippen LogP contribution in [0.4, 0.5) is 0 Å². The lowest BCUT2D eigenvalue weighted by Gasteiger charge is -2.22. The Bertz CT molecular complexity index is 756. The molecule has 0 atom stereocenters. The summed E-state index contributed by atoms with van der Waals surface area (Å²) in [5.41, 5.74) is 0.638. The van der Waals surface area contributed by atoms with E-state index in [0.717, 1.165) is 0 Å². The number of allylic oxidation sites excluding steroid dienone is 1. The van der Waals surface area contributed by atoms with Crippen molar-refractivity contribution < 1.29 is 23.1 Å². The first kappa shape index (κ1) is 19.6. The molecule has 7 heteroatoms. The first-order valence-electron chi connectivity index (χ1n) is 8.15. The number of carbonyl (C=O) groups is 1. The third-order valence-electron chi connectivity index (χ3n) is 3.17. The zero-order chi connectivity index (χ0) is 19.0. The summed E-state index contributed by atoms with van der Waals surface area (Å²) in [6.45, 7) is 5.30. The van der Waals surface area contributed by atoms with Gasteiger partial charge in [0.1, 0.15) is 17.2 Å². The molecular formula is C19H22NO5P. The van der Waals surface area contributed by atoms with Crippen LogP contribution in [0.3, 0.4) is 0 Å². The Kier molecular flexibility index (Phi) is 6.87. The topological polar surface area (TPSA) is 73.9 Å². The van der Waals surface area contributed by atoms with E-state index in [0.29, 0.717) is 17.1 Å². The van der Waals surface area contributed by atoms with E-state index in [1.54, 1.807) is 69.3 Å². The molecule has 2 aromatic carbocycles. The second-order valence-electron chi connectivity index (χ2n) is 5.51. The Morgan fingerprint density at radius 3 is 1.77 bits per heavy atom. The van der Waals surface area contributed by atoms with Crippen molar-refractivity contribution in [1.82, 2.24) is 5.09 Å². The van der Waals surface area contributed by atoms with E-state index in [4.69, 9.17) is 13.8 Å². The second-order valence-corrected chi connectivity index (χ2v) is 7.10. The fourth-order valence-corrected chi connectivity index (χ4v) is 3.52. The van der Waals surface area contributed by atoms with E-state index >= 15 is 0 Å². The highest BCUT2D eigenvalue weighted by atomic mass is 31.2. The van der Waals surface area contributed by atoms with Crippen LogP contribution in [0.2, 0.25) is 0 Å². The van der Waals surface area contributed by atoms with Crippen LogP contribution < -0.4 is 14.1 Å². The summed E-state index contributed by atoms with van der Waals surface area (Å²) in [6, 6.07) is 17.2. The minimum absolute atomic E-state index is 0.0436. The van der Waals surface area contributed by atoms with Crippen molar-refractivity contribution in [3.05, 3.63) is 71.9 Å². The van der Waals surface area contributed by atoms with Crippen LogP contribution in [0.5, 0.6) is 11.5 Å². The van der Waals surface area contributed by atoms with Crippen molar-refractivity contribution in [1.29, 1.82) is 0 Å². The van der Waals surface area contributed by atoms with Gasteiger partial charge in [0.2, 0.25) is 0 Å². The fraction of sp³-hybridized carbons (Fsp3) is 0.211. The van der Waals surface area contributed by atoms with Crippen LogP contribution in [-0.4, -0.2) is 12.6 Å². The maximum absolute atomic E-state index is 13.4. The summed E-state index contributed by atoms with van der Waals surface area (Å²) in [5.74, 6) is 0.0634. The van der Waals surface area contributed by atoms with Gasteiger partial charge in [-0.05, 0) is 50.6 Å². The van der Waals surface area contributed by atoms with Gasteiger partial charge in [-0.3, -0.25) is 5.09 Å². The summed E-state index contributed by atoms with van der Waals surface area (Å²) >= 11 is 0. The van der Waals surface area contributed by atoms with Crippen molar-refractivity contribution in [2.75, 3.05) is 6.61 Å². The number of hydrogen-bond donors (Lipinski definition) is 1. The highest BCUT2D eigenvalue weighted by Gasteiger charge is 2.33. The normalized spacial score (nSPS) is 10.6. The van der Waals surface area contributed by atoms with Gasteiger partial charge in [0.25, 0.3) is 0 Å². The quantitative estimate of drug-likeness (QED) is 0.410. The van der Waals surface area contributed by atoms with E-state index in [-0.39, 0.29) is 12.3 Å². The number of esters is 1. The zero-order valence-electron chi connectivity index (χ0n) is 15.0. The third-order valence-corrected chi connectivity index (χ3v) is 4.57. The first-order chi connectivity index (χ1) is 12.4. The van der Waals surface area contributed by atoms with Gasteiger partial charge in [0, 0.05) is 0 Å². The van der Waals surface area contributed by atoms with Crippen LogP contribution in [0.25, 0.3) is 0 Å². The minimum atomic E-state index is -3.96. The van der Waals surface area contributed by atoms with Crippen molar-refractivity contribution in [3.8, 4) is 11.5 Å². The number of carbonyl (C=O) groups excluding carboxylic acids is 1. The lowest BCUT2D eigenvalue weighted by molar-refractivity contribution is -0.138. The molecular weight excluding hydrogens is 353 g/mol. The maximum Gasteiger partial charge on any atom is 0.541 e. The van der Waals surface area contributed by atoms with E-state index in [1.165, 1.54) is 0 Å². The summed E-state index contributed by atoms with van der Waals surface area (Å²) in [4.78, 5) is 12.2. The van der Waals surface area contributed by atoms with Crippen molar-refractivity contribution in [2.24, 2.45) is 0 Å². The van der Waals surface area contributed by atoms with Crippen molar-refractivity contribution >= 4 is 13.7 Å². The number of benzene rings is 2. The highest BCUT2D eigenvalue weighted by molar-refractivity contribution is 7.52. The molecule has 0 saturated heterocycles. The standard InChI is InChI=1S/C19H22NO5P/c1-4-23-19(21)18(15(2)3)20-26(22,24-16-11-7-5-8-12-16)25-17-13-9-6-10-14-17/h5-14H,4H2,1-3H3,(H,20,22). The molecule has 0 saturated carbocycles. The van der Waals surface area contributed by atoms with Crippen LogP contribution in [0.1, 0.15) is 20.8 Å². The third kappa shape index (κ3) is 5.67. The molecule has 0 unspecified atom stereocenters. The van der Waals surface area contributed by atoms with Crippen molar-refractivity contribution in [3.63, 3.8) is 0 Å². The van der Waals surface area contributed by atoms with Gasteiger partial charge in [-0.25, -0.2) is 9.36 Å². The largest absolute Gasteiger partial charge is 0.541 e. The summed E-state index contributed by atoms with van der Waals surface area (Å²) in [5, 5.41) is 2.63. The van der Waals surface area contributed by atoms with Gasteiger partial charge < -0.3 is 13.8 Å². The van der Waals surface area contributed by atoms with E-state index in [1.807, 2.05) is 12.1 Å². The molecule has 0 aliphatic heterocycles. The molecule has 138 valence electrons. The highest BCUT2D eigenvalue weighted by Crippen LogP contribution is 2.46. The molecule has 2 aromatic rings. The molecule has 0 amide bonds. The summed E-state index contributed by atoms with van der Waals surface area (Å²) < 4.78 is 29.6. The molecule has 0 fully saturated rings. The van der Waals surface area contributed by atoms with E-state index in [2.05, 4.69) is 5.09 Å². The molecule has 0 heterocycles. The molecule has 0 bridgehead atoms. The van der Waals surface area contributed by atoms with Gasteiger partial charge >= 0.3 is 13.7 Å². The predicted octanol–water partition coefficient (Wildman–Crippen LogP) is 4.70. The fourth-order valence-electron chi connectivity index (χ4n) is 2.01. The molecule has 2 rings (SSSR count). The Hall–Kier alpha value is -2.72. The van der Waals surface area contributed by atoms with Gasteiger partial charge in [-0.2, -0.15) is 0 Å². The van der Waals surface area contributed by atoms with E-state index in [9.17, 15) is 9.36 Å². The lowest BCUT2D eigenvalue weighted by Crippen LogP contribution is -2.25. The Labute approximate surface area is 153 Å². The Morgan fingerprint density at radius 1 is 0.923 bits per heavy atom. The smallest absolute Gasteiger partial charge is 0.461 e. The number of nitrogens with one attached hydrogen (secondary N) is 1. The Balaban J connectivity index is 2.34. The number of para-hydroxylation sites is 2. The molecule has 0 aliphatic carbocycles. The molecule has 0 aliphatic rings. The van der Waals surface area contributed by atoms with Crippen LogP contribution in [-0.2, 0) is 14.1 Å². The van der Waals surface area contributed by atoms with Crippen LogP contribution >= 0.6 is 7.75 Å². The average Bonchev–Trinajstić information content (AvgIpc) is 2.61. The van der Waals surface area contributed by atoms with E-state index < -0.39 is 13.7 Å². The van der Waals surface area contributed by atoms with Gasteiger partial charge in [0.15, 0.2) is 0 Å². The first-order valence-corrected chi connectivity index (χ1v) is 9.70. The zero-order valence-corrected chi connectivity index (χ0v) is 15.9. The molecule has 6 nitrogen and oxygen atoms in total. The molecule has 1 N–H and O–H groups in total. The van der Waals surface area contributed by atoms with Crippen LogP contribution in [0.15, 0.2) is 71.9 Å². The second kappa shape index (κ2) is 9.11. The summed E-state index contributed by atoms with van der Waals surface area (Å²) in [7, 11) is -3.96. The molecule has 0 spiro atoms. The SMILES string of the molecule is CCOC(=O)C(NP(=O)(Oc1ccccc1)Oc1ccccc1)=C(C)C. The average molecular weight is 375 g/mol. The predicted molar refractivity (Wildman–Crippen MR) is 99.9 cm³/mol. The number of ether oxygens (including phenoxy) is 1. The molecule has 0 aromatic heterocycles. The van der Waals surface area contributed by atoms with Gasteiger partial charge in [0.05, 0.1) is 6.61 Å². The van der Waals surface area contributed by atoms with Gasteiger partial charge in [-0.1, -0.05) is 36.4 Å². The van der Waals surface area contributed by atoms with Crippen LogP contribution in [0, 0.1) is 0 Å². The van der Waals surface area contributed by atoms with Gasteiger partial charge in [-0.15, -0.1) is 0 Å². The number of rotatable bonds is 8.